The summed E-state index contributed by atoms with van der Waals surface area (Å²) in [5.41, 5.74) is 3.52. The molecule has 4 aromatic heterocycles. The summed E-state index contributed by atoms with van der Waals surface area (Å²) >= 11 is 4.72. The molecule has 1 aliphatic rings. The third kappa shape index (κ3) is 2.29. The van der Waals surface area contributed by atoms with Crippen LogP contribution in [0, 0.1) is 0 Å². The summed E-state index contributed by atoms with van der Waals surface area (Å²) in [7, 11) is 1.60. The van der Waals surface area contributed by atoms with Gasteiger partial charge in [0.15, 0.2) is 5.69 Å². The van der Waals surface area contributed by atoms with E-state index in [4.69, 9.17) is 4.74 Å². The number of thiophene rings is 2. The fourth-order valence-electron chi connectivity index (χ4n) is 3.43. The van der Waals surface area contributed by atoms with Crippen LogP contribution in [-0.2, 0) is 11.8 Å². The van der Waals surface area contributed by atoms with E-state index in [9.17, 15) is 0 Å². The minimum atomic E-state index is -0.149. The number of nitrogens with zero attached hydrogens (tertiary/aromatic N) is 3. The zero-order valence-electron chi connectivity index (χ0n) is 13.8. The zero-order chi connectivity index (χ0) is 17.6. The molecule has 0 saturated carbocycles. The SMILES string of the molecule is COc1nsnc1-c1n[nH]c2c1C=CC(c1cccs1)(c1cccs1)C2. The molecule has 0 radical (unpaired) electrons. The van der Waals surface area contributed by atoms with Gasteiger partial charge in [0.05, 0.1) is 24.3 Å². The first-order chi connectivity index (χ1) is 12.8. The highest BCUT2D eigenvalue weighted by Crippen LogP contribution is 2.46. The Hall–Kier alpha value is -2.29. The lowest BCUT2D eigenvalue weighted by molar-refractivity contribution is 0.403. The fourth-order valence-corrected chi connectivity index (χ4v) is 5.86. The van der Waals surface area contributed by atoms with Gasteiger partial charge in [-0.15, -0.1) is 27.0 Å². The van der Waals surface area contributed by atoms with E-state index in [1.165, 1.54) is 9.75 Å². The molecule has 0 atom stereocenters. The van der Waals surface area contributed by atoms with Crippen molar-refractivity contribution < 1.29 is 4.74 Å². The Morgan fingerprint density at radius 1 is 1.08 bits per heavy atom. The summed E-state index contributed by atoms with van der Waals surface area (Å²) in [6.07, 6.45) is 5.31. The molecule has 5 nitrogen and oxygen atoms in total. The molecular weight excluding hydrogens is 384 g/mol. The lowest BCUT2D eigenvalue weighted by Crippen LogP contribution is -2.28. The number of hydrogen-bond donors (Lipinski definition) is 1. The van der Waals surface area contributed by atoms with Crippen molar-refractivity contribution in [1.82, 2.24) is 18.9 Å². The summed E-state index contributed by atoms with van der Waals surface area (Å²) in [6.45, 7) is 0. The van der Waals surface area contributed by atoms with E-state index in [2.05, 4.69) is 66.1 Å². The molecule has 0 amide bonds. The monoisotopic (exact) mass is 398 g/mol. The second-order valence-electron chi connectivity index (χ2n) is 6.02. The van der Waals surface area contributed by atoms with Gasteiger partial charge in [-0.3, -0.25) is 5.10 Å². The number of rotatable bonds is 4. The zero-order valence-corrected chi connectivity index (χ0v) is 16.3. The summed E-state index contributed by atoms with van der Waals surface area (Å²) in [6, 6.07) is 8.65. The summed E-state index contributed by atoms with van der Waals surface area (Å²) in [5.74, 6) is 0.519. The van der Waals surface area contributed by atoms with E-state index in [-0.39, 0.29) is 5.41 Å². The second kappa shape index (κ2) is 6.15. The largest absolute Gasteiger partial charge is 0.479 e. The minimum Gasteiger partial charge on any atom is -0.479 e. The van der Waals surface area contributed by atoms with E-state index < -0.39 is 0 Å². The van der Waals surface area contributed by atoms with Gasteiger partial charge in [0, 0.05) is 27.4 Å². The van der Waals surface area contributed by atoms with Gasteiger partial charge in [-0.1, -0.05) is 24.3 Å². The number of aromatic nitrogens is 4. The third-order valence-corrected chi connectivity index (χ3v) is 7.28. The molecule has 0 aliphatic heterocycles. The maximum atomic E-state index is 5.32. The number of fused-ring (bicyclic) bond motifs is 1. The van der Waals surface area contributed by atoms with Gasteiger partial charge >= 0.3 is 0 Å². The first kappa shape index (κ1) is 15.9. The Balaban J connectivity index is 1.64. The smallest absolute Gasteiger partial charge is 0.255 e. The van der Waals surface area contributed by atoms with E-state index >= 15 is 0 Å². The molecule has 4 heterocycles. The fraction of sp³-hybridized carbons (Fsp3) is 0.167. The molecule has 0 aromatic carbocycles. The van der Waals surface area contributed by atoms with Gasteiger partial charge in [-0.05, 0) is 22.9 Å². The van der Waals surface area contributed by atoms with Crippen molar-refractivity contribution in [2.45, 2.75) is 11.8 Å². The molecule has 4 aromatic rings. The van der Waals surface area contributed by atoms with Gasteiger partial charge < -0.3 is 4.74 Å². The maximum absolute atomic E-state index is 5.32. The summed E-state index contributed by atoms with van der Waals surface area (Å²) in [4.78, 5) is 2.68. The highest BCUT2D eigenvalue weighted by atomic mass is 32.1. The van der Waals surface area contributed by atoms with E-state index in [1.807, 2.05) is 0 Å². The van der Waals surface area contributed by atoms with Crippen molar-refractivity contribution in [3.8, 4) is 17.3 Å². The topological polar surface area (TPSA) is 63.7 Å². The molecule has 0 saturated heterocycles. The number of H-pyrrole nitrogens is 1. The Morgan fingerprint density at radius 3 is 2.50 bits per heavy atom. The molecule has 0 bridgehead atoms. The number of nitrogens with one attached hydrogen (secondary N) is 1. The van der Waals surface area contributed by atoms with Crippen molar-refractivity contribution in [3.63, 3.8) is 0 Å². The maximum Gasteiger partial charge on any atom is 0.255 e. The molecule has 130 valence electrons. The van der Waals surface area contributed by atoms with Crippen LogP contribution in [0.3, 0.4) is 0 Å². The first-order valence-electron chi connectivity index (χ1n) is 8.03. The van der Waals surface area contributed by atoms with Crippen molar-refractivity contribution in [1.29, 1.82) is 0 Å². The first-order valence-corrected chi connectivity index (χ1v) is 10.5. The molecule has 1 aliphatic carbocycles. The molecule has 5 rings (SSSR count). The van der Waals surface area contributed by atoms with Gasteiger partial charge in [0.1, 0.15) is 5.69 Å². The molecule has 0 unspecified atom stereocenters. The summed E-state index contributed by atoms with van der Waals surface area (Å²) in [5, 5.41) is 12.0. The standard InChI is InChI=1S/C18H14N4OS3/c1-23-17-16(21-26-22-17)15-11-6-7-18(10-12(11)19-20-15,13-4-2-8-24-13)14-5-3-9-25-14/h2-9H,10H2,1H3,(H,19,20). The number of hydrogen-bond acceptors (Lipinski definition) is 7. The van der Waals surface area contributed by atoms with E-state index in [0.29, 0.717) is 11.6 Å². The van der Waals surface area contributed by atoms with E-state index in [0.717, 1.165) is 35.1 Å². The number of ether oxygens (including phenoxy) is 1. The van der Waals surface area contributed by atoms with Gasteiger partial charge in [0.2, 0.25) is 0 Å². The van der Waals surface area contributed by atoms with E-state index in [1.54, 1.807) is 29.8 Å². The average Bonchev–Trinajstić information content (AvgIpc) is 3.48. The summed E-state index contributed by atoms with van der Waals surface area (Å²) < 4.78 is 13.9. The van der Waals surface area contributed by atoms with Gasteiger partial charge in [-0.2, -0.15) is 9.47 Å². The second-order valence-corrected chi connectivity index (χ2v) is 8.45. The molecule has 0 fully saturated rings. The van der Waals surface area contributed by atoms with Crippen LogP contribution in [0.2, 0.25) is 0 Å². The predicted octanol–water partition coefficient (Wildman–Crippen LogP) is 4.62. The number of methoxy groups -OCH3 is 1. The average molecular weight is 399 g/mol. The lowest BCUT2D eigenvalue weighted by atomic mass is 9.75. The van der Waals surface area contributed by atoms with Crippen LogP contribution in [0.1, 0.15) is 21.0 Å². The van der Waals surface area contributed by atoms with Crippen LogP contribution in [0.4, 0.5) is 0 Å². The number of allylic oxidation sites excluding steroid dienone is 1. The molecule has 8 heteroatoms. The molecule has 0 spiro atoms. The van der Waals surface area contributed by atoms with Crippen LogP contribution in [0.15, 0.2) is 41.1 Å². The van der Waals surface area contributed by atoms with Crippen LogP contribution >= 0.6 is 34.4 Å². The van der Waals surface area contributed by atoms with Crippen LogP contribution in [0.25, 0.3) is 17.5 Å². The van der Waals surface area contributed by atoms with Crippen molar-refractivity contribution >= 4 is 40.5 Å². The lowest BCUT2D eigenvalue weighted by Gasteiger charge is -2.31. The van der Waals surface area contributed by atoms with Crippen molar-refractivity contribution in [3.05, 3.63) is 62.1 Å². The predicted molar refractivity (Wildman–Crippen MR) is 106 cm³/mol. The Kier molecular flexibility index (Phi) is 3.77. The molecule has 26 heavy (non-hydrogen) atoms. The van der Waals surface area contributed by atoms with Crippen LogP contribution in [-0.4, -0.2) is 26.1 Å². The van der Waals surface area contributed by atoms with Crippen LogP contribution < -0.4 is 4.74 Å². The normalized spacial score (nSPS) is 15.1. The minimum absolute atomic E-state index is 0.149. The molecule has 1 N–H and O–H groups in total. The highest BCUT2D eigenvalue weighted by Gasteiger charge is 2.38. The Bertz CT molecular complexity index is 1030. The van der Waals surface area contributed by atoms with Crippen molar-refractivity contribution in [2.24, 2.45) is 0 Å². The Morgan fingerprint density at radius 2 is 1.85 bits per heavy atom. The van der Waals surface area contributed by atoms with Gasteiger partial charge in [-0.25, -0.2) is 0 Å². The van der Waals surface area contributed by atoms with Gasteiger partial charge in [0.25, 0.3) is 5.88 Å². The quantitative estimate of drug-likeness (QED) is 0.545. The highest BCUT2D eigenvalue weighted by molar-refractivity contribution is 7.11. The van der Waals surface area contributed by atoms with Crippen molar-refractivity contribution in [2.75, 3.05) is 7.11 Å². The molecular formula is C18H14N4OS3. The Labute approximate surface area is 162 Å². The third-order valence-electron chi connectivity index (χ3n) is 4.67. The number of aromatic amines is 1. The van der Waals surface area contributed by atoms with Crippen LogP contribution in [0.5, 0.6) is 5.88 Å².